The van der Waals surface area contributed by atoms with Gasteiger partial charge in [-0.05, 0) is 35.9 Å². The van der Waals surface area contributed by atoms with Crippen LogP contribution in [0.1, 0.15) is 22.0 Å². The maximum Gasteiger partial charge on any atom is 0.251 e. The minimum Gasteiger partial charge on any atom is -0.497 e. The monoisotopic (exact) mass is 305 g/mol. The van der Waals surface area contributed by atoms with E-state index in [1.165, 1.54) is 0 Å². The van der Waals surface area contributed by atoms with Crippen LogP contribution >= 0.6 is 11.6 Å². The molecule has 2 rings (SSSR count). The van der Waals surface area contributed by atoms with Crippen LogP contribution in [0.2, 0.25) is 5.02 Å². The second-order valence-corrected chi connectivity index (χ2v) is 4.93. The predicted octanol–water partition coefficient (Wildman–Crippen LogP) is 2.81. The van der Waals surface area contributed by atoms with Gasteiger partial charge in [-0.3, -0.25) is 4.79 Å². The van der Waals surface area contributed by atoms with E-state index in [4.69, 9.17) is 16.3 Å². The molecule has 2 aromatic carbocycles. The van der Waals surface area contributed by atoms with Crippen LogP contribution in [0.3, 0.4) is 0 Å². The van der Waals surface area contributed by atoms with Crippen molar-refractivity contribution in [3.63, 3.8) is 0 Å². The summed E-state index contributed by atoms with van der Waals surface area (Å²) in [4.78, 5) is 12.2. The van der Waals surface area contributed by atoms with Gasteiger partial charge in [-0.15, -0.1) is 0 Å². The summed E-state index contributed by atoms with van der Waals surface area (Å²) in [5, 5.41) is 12.9. The Balaban J connectivity index is 2.14. The molecule has 0 aliphatic rings. The number of carbonyl (C=O) groups excluding carboxylic acids is 1. The number of nitrogens with one attached hydrogen (secondary N) is 1. The SMILES string of the molecule is COc1cccc(C(=O)NC(CO)c2ccc(Cl)cc2)c1. The van der Waals surface area contributed by atoms with E-state index in [0.717, 1.165) is 5.56 Å². The average molecular weight is 306 g/mol. The zero-order valence-electron chi connectivity index (χ0n) is 11.5. The number of rotatable bonds is 5. The van der Waals surface area contributed by atoms with Gasteiger partial charge in [-0.2, -0.15) is 0 Å². The number of carbonyl (C=O) groups is 1. The summed E-state index contributed by atoms with van der Waals surface area (Å²) in [7, 11) is 1.54. The van der Waals surface area contributed by atoms with Crippen LogP contribution in [0.25, 0.3) is 0 Å². The van der Waals surface area contributed by atoms with Crippen LogP contribution in [0.4, 0.5) is 0 Å². The smallest absolute Gasteiger partial charge is 0.251 e. The lowest BCUT2D eigenvalue weighted by atomic mass is 10.1. The fourth-order valence-electron chi connectivity index (χ4n) is 1.94. The van der Waals surface area contributed by atoms with E-state index in [1.54, 1.807) is 55.6 Å². The van der Waals surface area contributed by atoms with E-state index in [0.29, 0.717) is 16.3 Å². The molecule has 0 saturated heterocycles. The van der Waals surface area contributed by atoms with Crippen LogP contribution in [-0.4, -0.2) is 24.7 Å². The van der Waals surface area contributed by atoms with Crippen molar-refractivity contribution >= 4 is 17.5 Å². The summed E-state index contributed by atoms with van der Waals surface area (Å²) < 4.78 is 5.09. The summed E-state index contributed by atoms with van der Waals surface area (Å²) in [6.07, 6.45) is 0. The topological polar surface area (TPSA) is 58.6 Å². The molecule has 2 aromatic rings. The first-order chi connectivity index (χ1) is 10.1. The van der Waals surface area contributed by atoms with Gasteiger partial charge in [0.15, 0.2) is 0 Å². The van der Waals surface area contributed by atoms with Crippen molar-refractivity contribution in [1.82, 2.24) is 5.32 Å². The molecule has 0 radical (unpaired) electrons. The van der Waals surface area contributed by atoms with Crippen LogP contribution in [0, 0.1) is 0 Å². The van der Waals surface area contributed by atoms with Gasteiger partial charge in [0.2, 0.25) is 0 Å². The Kier molecular flexibility index (Phi) is 5.20. The number of aliphatic hydroxyl groups is 1. The van der Waals surface area contributed by atoms with Gasteiger partial charge in [0.25, 0.3) is 5.91 Å². The standard InChI is InChI=1S/C16H16ClNO3/c1-21-14-4-2-3-12(9-14)16(20)18-15(10-19)11-5-7-13(17)8-6-11/h2-9,15,19H,10H2,1H3,(H,18,20). The third-order valence-corrected chi connectivity index (χ3v) is 3.34. The van der Waals surface area contributed by atoms with Crippen molar-refractivity contribution in [2.75, 3.05) is 13.7 Å². The normalized spacial score (nSPS) is 11.8. The first-order valence-corrected chi connectivity index (χ1v) is 6.83. The van der Waals surface area contributed by atoms with Gasteiger partial charge < -0.3 is 15.2 Å². The summed E-state index contributed by atoms with van der Waals surface area (Å²) in [6, 6.07) is 13.3. The number of aliphatic hydroxyl groups excluding tert-OH is 1. The highest BCUT2D eigenvalue weighted by Crippen LogP contribution is 2.18. The fourth-order valence-corrected chi connectivity index (χ4v) is 2.06. The van der Waals surface area contributed by atoms with Crippen LogP contribution in [0.15, 0.2) is 48.5 Å². The number of hydrogen-bond donors (Lipinski definition) is 2. The Morgan fingerprint density at radius 1 is 1.29 bits per heavy atom. The molecule has 0 aliphatic heterocycles. The Morgan fingerprint density at radius 3 is 2.62 bits per heavy atom. The second-order valence-electron chi connectivity index (χ2n) is 4.49. The average Bonchev–Trinajstić information content (AvgIpc) is 2.53. The minimum absolute atomic E-state index is 0.197. The van der Waals surface area contributed by atoms with Crippen molar-refractivity contribution in [2.24, 2.45) is 0 Å². The lowest BCUT2D eigenvalue weighted by molar-refractivity contribution is 0.0916. The molecule has 0 spiro atoms. The highest BCUT2D eigenvalue weighted by Gasteiger charge is 2.15. The van der Waals surface area contributed by atoms with Crippen LogP contribution in [0.5, 0.6) is 5.75 Å². The molecule has 0 heterocycles. The van der Waals surface area contributed by atoms with Gasteiger partial charge in [0.05, 0.1) is 19.8 Å². The van der Waals surface area contributed by atoms with E-state index in [1.807, 2.05) is 0 Å². The summed E-state index contributed by atoms with van der Waals surface area (Å²) in [6.45, 7) is -0.197. The molecule has 5 heteroatoms. The number of halogens is 1. The lowest BCUT2D eigenvalue weighted by Gasteiger charge is -2.17. The predicted molar refractivity (Wildman–Crippen MR) is 81.7 cm³/mol. The third kappa shape index (κ3) is 3.97. The maximum absolute atomic E-state index is 12.2. The first kappa shape index (κ1) is 15.4. The third-order valence-electron chi connectivity index (χ3n) is 3.09. The molecular formula is C16H16ClNO3. The van der Waals surface area contributed by atoms with Crippen molar-refractivity contribution in [2.45, 2.75) is 6.04 Å². The highest BCUT2D eigenvalue weighted by atomic mass is 35.5. The molecule has 4 nitrogen and oxygen atoms in total. The summed E-state index contributed by atoms with van der Waals surface area (Å²) in [5.41, 5.74) is 1.26. The van der Waals surface area contributed by atoms with Gasteiger partial charge >= 0.3 is 0 Å². The second kappa shape index (κ2) is 7.11. The maximum atomic E-state index is 12.2. The molecule has 1 unspecified atom stereocenters. The molecule has 0 fully saturated rings. The Morgan fingerprint density at radius 2 is 2.00 bits per heavy atom. The Hall–Kier alpha value is -2.04. The van der Waals surface area contributed by atoms with Gasteiger partial charge in [-0.25, -0.2) is 0 Å². The van der Waals surface area contributed by atoms with Crippen LogP contribution < -0.4 is 10.1 Å². The van der Waals surface area contributed by atoms with Crippen LogP contribution in [-0.2, 0) is 0 Å². The van der Waals surface area contributed by atoms with E-state index in [-0.39, 0.29) is 12.5 Å². The Labute approximate surface area is 128 Å². The minimum atomic E-state index is -0.485. The van der Waals surface area contributed by atoms with E-state index >= 15 is 0 Å². The van der Waals surface area contributed by atoms with Crippen molar-refractivity contribution in [3.8, 4) is 5.75 Å². The molecule has 1 amide bonds. The molecule has 0 saturated carbocycles. The fraction of sp³-hybridized carbons (Fsp3) is 0.188. The van der Waals surface area contributed by atoms with Gasteiger partial charge in [0, 0.05) is 10.6 Å². The molecule has 110 valence electrons. The molecule has 21 heavy (non-hydrogen) atoms. The number of hydrogen-bond acceptors (Lipinski definition) is 3. The molecule has 0 bridgehead atoms. The zero-order chi connectivity index (χ0) is 15.2. The highest BCUT2D eigenvalue weighted by molar-refractivity contribution is 6.30. The summed E-state index contributed by atoms with van der Waals surface area (Å²) >= 11 is 5.83. The quantitative estimate of drug-likeness (QED) is 0.893. The number of ether oxygens (including phenoxy) is 1. The van der Waals surface area contributed by atoms with Crippen molar-refractivity contribution in [1.29, 1.82) is 0 Å². The molecule has 2 N–H and O–H groups in total. The molecule has 1 atom stereocenters. The molecule has 0 aromatic heterocycles. The van der Waals surface area contributed by atoms with E-state index in [2.05, 4.69) is 5.32 Å². The van der Waals surface area contributed by atoms with E-state index < -0.39 is 6.04 Å². The Bertz CT molecular complexity index is 613. The number of amides is 1. The number of benzene rings is 2. The largest absolute Gasteiger partial charge is 0.497 e. The first-order valence-electron chi connectivity index (χ1n) is 6.45. The molecule has 0 aliphatic carbocycles. The number of methoxy groups -OCH3 is 1. The lowest BCUT2D eigenvalue weighted by Crippen LogP contribution is -2.30. The van der Waals surface area contributed by atoms with Crippen molar-refractivity contribution in [3.05, 3.63) is 64.7 Å². The van der Waals surface area contributed by atoms with E-state index in [9.17, 15) is 9.90 Å². The van der Waals surface area contributed by atoms with Gasteiger partial charge in [-0.1, -0.05) is 29.8 Å². The zero-order valence-corrected chi connectivity index (χ0v) is 12.3. The summed E-state index contributed by atoms with van der Waals surface area (Å²) in [5.74, 6) is 0.331. The van der Waals surface area contributed by atoms with Gasteiger partial charge in [0.1, 0.15) is 5.75 Å². The molecular weight excluding hydrogens is 290 g/mol. The van der Waals surface area contributed by atoms with Crippen molar-refractivity contribution < 1.29 is 14.6 Å².